The molecule has 3 N–H and O–H groups in total. The van der Waals surface area contributed by atoms with Gasteiger partial charge in [-0.2, -0.15) is 0 Å². The molecule has 0 fully saturated rings. The highest BCUT2D eigenvalue weighted by molar-refractivity contribution is 5.93. The lowest BCUT2D eigenvalue weighted by molar-refractivity contribution is -0.719. The number of hydrogen-bond donors (Lipinski definition) is 2. The third-order valence-electron chi connectivity index (χ3n) is 4.54. The molecule has 0 saturated carbocycles. The van der Waals surface area contributed by atoms with Gasteiger partial charge in [-0.15, -0.1) is 0 Å². The van der Waals surface area contributed by atoms with Gasteiger partial charge in [-0.25, -0.2) is 4.79 Å². The van der Waals surface area contributed by atoms with Crippen LogP contribution in [0.2, 0.25) is 0 Å². The van der Waals surface area contributed by atoms with Crippen molar-refractivity contribution in [3.63, 3.8) is 0 Å². The van der Waals surface area contributed by atoms with E-state index in [1.165, 1.54) is 18.2 Å². The van der Waals surface area contributed by atoms with E-state index in [0.717, 1.165) is 6.42 Å². The smallest absolute Gasteiger partial charge is 0.413 e. The highest BCUT2D eigenvalue weighted by atomic mass is 16.5. The van der Waals surface area contributed by atoms with Gasteiger partial charge in [0.2, 0.25) is 0 Å². The van der Waals surface area contributed by atoms with E-state index in [-0.39, 0.29) is 18.0 Å². The summed E-state index contributed by atoms with van der Waals surface area (Å²) in [5.74, 6) is 0.557. The minimum absolute atomic E-state index is 0.148. The van der Waals surface area contributed by atoms with E-state index >= 15 is 0 Å². The van der Waals surface area contributed by atoms with Crippen LogP contribution in [0, 0.1) is 5.92 Å². The second-order valence-corrected chi connectivity index (χ2v) is 6.71. The second-order valence-electron chi connectivity index (χ2n) is 6.71. The second kappa shape index (κ2) is 9.42. The summed E-state index contributed by atoms with van der Waals surface area (Å²) >= 11 is 0. The van der Waals surface area contributed by atoms with E-state index in [1.54, 1.807) is 6.92 Å². The van der Waals surface area contributed by atoms with Crippen molar-refractivity contribution in [2.24, 2.45) is 5.92 Å². The summed E-state index contributed by atoms with van der Waals surface area (Å²) in [5.41, 5.74) is 2.52. The van der Waals surface area contributed by atoms with Crippen LogP contribution in [0.5, 0.6) is 0 Å². The number of methoxy groups -OCH3 is 1. The van der Waals surface area contributed by atoms with Gasteiger partial charge in [0.1, 0.15) is 6.04 Å². The molecule has 134 valence electrons. The van der Waals surface area contributed by atoms with E-state index in [2.05, 4.69) is 62.0 Å². The first-order chi connectivity index (χ1) is 11.3. The quantitative estimate of drug-likeness (QED) is 0.805. The van der Waals surface area contributed by atoms with Crippen LogP contribution in [0.1, 0.15) is 64.1 Å². The predicted octanol–water partition coefficient (Wildman–Crippen LogP) is 2.73. The van der Waals surface area contributed by atoms with Crippen LogP contribution in [0.25, 0.3) is 0 Å². The summed E-state index contributed by atoms with van der Waals surface area (Å²) < 4.78 is 4.47. The maximum Gasteiger partial charge on any atom is 0.413 e. The molecule has 3 atom stereocenters. The minimum Gasteiger partial charge on any atom is -0.453 e. The van der Waals surface area contributed by atoms with Crippen molar-refractivity contribution in [1.82, 2.24) is 5.32 Å². The Morgan fingerprint density at radius 1 is 1.08 bits per heavy atom. The number of nitrogens with two attached hydrogens (primary N) is 1. The SMILES string of the molecule is CC[C@@H](C)c1ccc([C@H]([NH2+][C@@H](C)C(=O)NC(=O)OC)C(C)C)cc1. The average molecular weight is 335 g/mol. The van der Waals surface area contributed by atoms with Crippen LogP contribution >= 0.6 is 0 Å². The number of nitrogens with one attached hydrogen (secondary N) is 1. The van der Waals surface area contributed by atoms with Gasteiger partial charge in [0.15, 0.2) is 6.04 Å². The minimum atomic E-state index is -0.723. The zero-order chi connectivity index (χ0) is 18.3. The molecule has 0 radical (unpaired) electrons. The standard InChI is InChI=1S/C19H30N2O3/c1-7-13(4)15-8-10-16(11-9-15)17(12(2)3)20-14(5)18(22)21-19(23)24-6/h8-14,17,20H,7H2,1-6H3,(H,21,22,23)/p+1/t13-,14+,17-/m1/s1. The van der Waals surface area contributed by atoms with Crippen LogP contribution in [-0.4, -0.2) is 25.2 Å². The van der Waals surface area contributed by atoms with Crippen LogP contribution < -0.4 is 10.6 Å². The molecule has 0 bridgehead atoms. The number of quaternary nitrogens is 1. The molecule has 0 heterocycles. The van der Waals surface area contributed by atoms with E-state index in [9.17, 15) is 9.59 Å². The Kier molecular flexibility index (Phi) is 7.92. The zero-order valence-electron chi connectivity index (χ0n) is 15.6. The Bertz CT molecular complexity index is 540. The zero-order valence-corrected chi connectivity index (χ0v) is 15.6. The van der Waals surface area contributed by atoms with Crippen molar-refractivity contribution < 1.29 is 19.6 Å². The van der Waals surface area contributed by atoms with Crippen molar-refractivity contribution in [2.75, 3.05) is 7.11 Å². The third kappa shape index (κ3) is 5.64. The van der Waals surface area contributed by atoms with E-state index < -0.39 is 6.09 Å². The lowest BCUT2D eigenvalue weighted by Crippen LogP contribution is -2.93. The number of alkyl carbamates (subject to hydrolysis) is 1. The maximum atomic E-state index is 12.0. The summed E-state index contributed by atoms with van der Waals surface area (Å²) in [6.07, 6.45) is 0.392. The molecule has 0 saturated heterocycles. The highest BCUT2D eigenvalue weighted by Crippen LogP contribution is 2.23. The number of hydrogen-bond acceptors (Lipinski definition) is 3. The van der Waals surface area contributed by atoms with Crippen LogP contribution in [0.15, 0.2) is 24.3 Å². The van der Waals surface area contributed by atoms with Crippen LogP contribution in [0.4, 0.5) is 4.79 Å². The first-order valence-electron chi connectivity index (χ1n) is 8.63. The number of rotatable bonds is 7. The van der Waals surface area contributed by atoms with E-state index in [4.69, 9.17) is 0 Å². The molecule has 0 aromatic heterocycles. The number of carbonyl (C=O) groups is 2. The molecule has 2 amide bonds. The van der Waals surface area contributed by atoms with Crippen molar-refractivity contribution in [3.05, 3.63) is 35.4 Å². The molecule has 5 nitrogen and oxygen atoms in total. The Morgan fingerprint density at radius 2 is 1.62 bits per heavy atom. The molecule has 24 heavy (non-hydrogen) atoms. The number of amides is 2. The van der Waals surface area contributed by atoms with Crippen molar-refractivity contribution in [3.8, 4) is 0 Å². The van der Waals surface area contributed by atoms with Crippen molar-refractivity contribution >= 4 is 12.0 Å². The molecule has 0 unspecified atom stereocenters. The van der Waals surface area contributed by atoms with Gasteiger partial charge in [0.05, 0.1) is 7.11 Å². The molecule has 5 heteroatoms. The summed E-state index contributed by atoms with van der Waals surface area (Å²) in [4.78, 5) is 23.2. The van der Waals surface area contributed by atoms with Gasteiger partial charge in [0, 0.05) is 11.5 Å². The van der Waals surface area contributed by atoms with E-state index in [0.29, 0.717) is 11.8 Å². The number of carbonyl (C=O) groups excluding carboxylic acids is 2. The Labute approximate surface area is 145 Å². The Morgan fingerprint density at radius 3 is 2.08 bits per heavy atom. The lowest BCUT2D eigenvalue weighted by atomic mass is 9.91. The molecule has 0 aliphatic heterocycles. The predicted molar refractivity (Wildman–Crippen MR) is 94.7 cm³/mol. The topological polar surface area (TPSA) is 72.0 Å². The molecule has 0 spiro atoms. The summed E-state index contributed by atoms with van der Waals surface area (Å²) in [6, 6.07) is 8.40. The summed E-state index contributed by atoms with van der Waals surface area (Å²) in [7, 11) is 1.24. The normalized spacial score (nSPS) is 14.8. The van der Waals surface area contributed by atoms with Crippen LogP contribution in [-0.2, 0) is 9.53 Å². The number of ether oxygens (including phenoxy) is 1. The molecule has 1 rings (SSSR count). The molecule has 1 aromatic rings. The number of imide groups is 1. The fraction of sp³-hybridized carbons (Fsp3) is 0.579. The fourth-order valence-corrected chi connectivity index (χ4v) is 2.66. The molecular formula is C19H31N2O3+. The number of benzene rings is 1. The lowest BCUT2D eigenvalue weighted by Gasteiger charge is -2.23. The van der Waals surface area contributed by atoms with Crippen molar-refractivity contribution in [1.29, 1.82) is 0 Å². The molecule has 1 aromatic carbocycles. The average Bonchev–Trinajstić information content (AvgIpc) is 2.58. The Balaban J connectivity index is 2.83. The van der Waals surface area contributed by atoms with Gasteiger partial charge in [-0.1, -0.05) is 52.0 Å². The Hall–Kier alpha value is -1.88. The van der Waals surface area contributed by atoms with Crippen molar-refractivity contribution in [2.45, 2.75) is 59.0 Å². The summed E-state index contributed by atoms with van der Waals surface area (Å²) in [6.45, 7) is 10.5. The molecular weight excluding hydrogens is 304 g/mol. The fourth-order valence-electron chi connectivity index (χ4n) is 2.66. The first kappa shape index (κ1) is 20.2. The van der Waals surface area contributed by atoms with Gasteiger partial charge in [0.25, 0.3) is 5.91 Å². The monoisotopic (exact) mass is 335 g/mol. The molecule has 0 aliphatic carbocycles. The molecule has 0 aliphatic rings. The first-order valence-corrected chi connectivity index (χ1v) is 8.63. The van der Waals surface area contributed by atoms with Gasteiger partial charge >= 0.3 is 6.09 Å². The van der Waals surface area contributed by atoms with Gasteiger partial charge in [-0.05, 0) is 24.8 Å². The summed E-state index contributed by atoms with van der Waals surface area (Å²) in [5, 5.41) is 4.23. The highest BCUT2D eigenvalue weighted by Gasteiger charge is 2.27. The largest absolute Gasteiger partial charge is 0.453 e. The van der Waals surface area contributed by atoms with Gasteiger partial charge < -0.3 is 10.1 Å². The maximum absolute atomic E-state index is 12.0. The van der Waals surface area contributed by atoms with E-state index in [1.807, 2.05) is 5.32 Å². The van der Waals surface area contributed by atoms with Gasteiger partial charge in [-0.3, -0.25) is 10.1 Å². The van der Waals surface area contributed by atoms with Crippen LogP contribution in [0.3, 0.4) is 0 Å². The third-order valence-corrected chi connectivity index (χ3v) is 4.54.